The molecule has 0 amide bonds. The van der Waals surface area contributed by atoms with Gasteiger partial charge in [0.25, 0.3) is 0 Å². The Morgan fingerprint density at radius 2 is 1.47 bits per heavy atom. The van der Waals surface area contributed by atoms with Gasteiger partial charge in [-0.2, -0.15) is 0 Å². The number of carboxylic acids is 1. The van der Waals surface area contributed by atoms with Gasteiger partial charge in [-0.3, -0.25) is 0 Å². The molecule has 104 valence electrons. The van der Waals surface area contributed by atoms with E-state index in [9.17, 15) is 27.5 Å². The first kappa shape index (κ1) is 13.6. The van der Waals surface area contributed by atoms with Crippen molar-refractivity contribution in [2.75, 3.05) is 31.2 Å². The van der Waals surface area contributed by atoms with E-state index in [0.717, 1.165) is 4.90 Å². The number of halogens is 4. The summed E-state index contributed by atoms with van der Waals surface area (Å²) in [5.41, 5.74) is -2.67. The minimum Gasteiger partial charge on any atom is -0.545 e. The van der Waals surface area contributed by atoms with Gasteiger partial charge in [-0.25, -0.2) is 17.6 Å². The second kappa shape index (κ2) is 5.04. The van der Waals surface area contributed by atoms with E-state index in [4.69, 9.17) is 4.74 Å². The molecule has 1 fully saturated rings. The number of morpholine rings is 1. The van der Waals surface area contributed by atoms with Gasteiger partial charge < -0.3 is 19.5 Å². The Bertz CT molecular complexity index is 500. The Morgan fingerprint density at radius 1 is 1.00 bits per heavy atom. The number of rotatable bonds is 2. The van der Waals surface area contributed by atoms with Gasteiger partial charge in [0.1, 0.15) is 5.69 Å². The molecule has 1 heterocycles. The summed E-state index contributed by atoms with van der Waals surface area (Å²) >= 11 is 0. The SMILES string of the molecule is O=C([O-])c1c(F)c(F)c(N2CCOCC2)c(F)c1F. The van der Waals surface area contributed by atoms with Crippen molar-refractivity contribution in [2.45, 2.75) is 0 Å². The highest BCUT2D eigenvalue weighted by molar-refractivity contribution is 5.87. The van der Waals surface area contributed by atoms with Gasteiger partial charge in [-0.05, 0) is 0 Å². The number of hydrogen-bond acceptors (Lipinski definition) is 4. The zero-order chi connectivity index (χ0) is 14.2. The van der Waals surface area contributed by atoms with Crippen LogP contribution < -0.4 is 10.0 Å². The van der Waals surface area contributed by atoms with E-state index in [-0.39, 0.29) is 26.3 Å². The third-order valence-corrected chi connectivity index (χ3v) is 2.77. The number of carboxylic acid groups (broad SMARTS) is 1. The summed E-state index contributed by atoms with van der Waals surface area (Å²) in [6, 6.07) is 0. The molecule has 0 aliphatic carbocycles. The van der Waals surface area contributed by atoms with E-state index in [1.54, 1.807) is 0 Å². The van der Waals surface area contributed by atoms with Crippen LogP contribution in [0.2, 0.25) is 0 Å². The quantitative estimate of drug-likeness (QED) is 0.582. The molecule has 0 bridgehead atoms. The molecule has 4 nitrogen and oxygen atoms in total. The van der Waals surface area contributed by atoms with Gasteiger partial charge in [-0.15, -0.1) is 0 Å². The van der Waals surface area contributed by atoms with Crippen molar-refractivity contribution in [3.63, 3.8) is 0 Å². The minimum absolute atomic E-state index is 0.0391. The van der Waals surface area contributed by atoms with Gasteiger partial charge in [0.15, 0.2) is 23.3 Å². The van der Waals surface area contributed by atoms with E-state index >= 15 is 0 Å². The number of anilines is 1. The molecular formula is C11H8F4NO3-. The molecule has 1 aliphatic heterocycles. The number of nitrogens with zero attached hydrogens (tertiary/aromatic N) is 1. The Kier molecular flexibility index (Phi) is 3.61. The molecule has 0 aromatic heterocycles. The third kappa shape index (κ3) is 2.23. The second-order valence-electron chi connectivity index (χ2n) is 3.87. The summed E-state index contributed by atoms with van der Waals surface area (Å²) in [7, 11) is 0. The van der Waals surface area contributed by atoms with Crippen molar-refractivity contribution in [3.05, 3.63) is 28.8 Å². The van der Waals surface area contributed by atoms with Gasteiger partial charge >= 0.3 is 0 Å². The first-order chi connectivity index (χ1) is 8.95. The molecule has 0 unspecified atom stereocenters. The maximum atomic E-state index is 13.7. The third-order valence-electron chi connectivity index (χ3n) is 2.77. The number of aromatic carboxylic acids is 1. The van der Waals surface area contributed by atoms with Crippen molar-refractivity contribution in [1.29, 1.82) is 0 Å². The van der Waals surface area contributed by atoms with Crippen LogP contribution in [0, 0.1) is 23.3 Å². The fourth-order valence-corrected chi connectivity index (χ4v) is 1.86. The summed E-state index contributed by atoms with van der Waals surface area (Å²) in [4.78, 5) is 11.5. The summed E-state index contributed by atoms with van der Waals surface area (Å²) < 4.78 is 59.2. The van der Waals surface area contributed by atoms with Gasteiger partial charge in [0.2, 0.25) is 0 Å². The van der Waals surface area contributed by atoms with E-state index < -0.39 is 40.5 Å². The van der Waals surface area contributed by atoms with Crippen LogP contribution in [0.4, 0.5) is 23.2 Å². The Balaban J connectivity index is 2.59. The normalized spacial score (nSPS) is 15.7. The molecule has 8 heteroatoms. The molecule has 0 atom stereocenters. The van der Waals surface area contributed by atoms with Crippen molar-refractivity contribution in [2.24, 2.45) is 0 Å². The van der Waals surface area contributed by atoms with Crippen LogP contribution >= 0.6 is 0 Å². The molecule has 1 aliphatic rings. The number of carbonyl (C=O) groups excluding carboxylic acids is 1. The molecule has 0 radical (unpaired) electrons. The van der Waals surface area contributed by atoms with Crippen molar-refractivity contribution in [1.82, 2.24) is 0 Å². The van der Waals surface area contributed by atoms with Crippen LogP contribution in [0.25, 0.3) is 0 Å². The molecule has 19 heavy (non-hydrogen) atoms. The molecule has 0 N–H and O–H groups in total. The first-order valence-electron chi connectivity index (χ1n) is 5.35. The van der Waals surface area contributed by atoms with Crippen LogP contribution in [0.15, 0.2) is 0 Å². The summed E-state index contributed by atoms with van der Waals surface area (Å²) in [6.45, 7) is 0.365. The standard InChI is InChI=1S/C11H9F4NO3/c12-6-5(11(17)18)7(13)9(15)10(8(6)14)16-1-3-19-4-2-16/h1-4H2,(H,17,18)/p-1. The highest BCUT2D eigenvalue weighted by Gasteiger charge is 2.29. The van der Waals surface area contributed by atoms with Crippen LogP contribution in [-0.2, 0) is 4.74 Å². The summed E-state index contributed by atoms with van der Waals surface area (Å²) in [6.07, 6.45) is 0. The molecule has 1 aromatic rings. The summed E-state index contributed by atoms with van der Waals surface area (Å²) in [5, 5.41) is 10.5. The number of hydrogen-bond donors (Lipinski definition) is 0. The topological polar surface area (TPSA) is 52.6 Å². The smallest absolute Gasteiger partial charge is 0.186 e. The van der Waals surface area contributed by atoms with Crippen LogP contribution in [-0.4, -0.2) is 32.3 Å². The number of benzene rings is 1. The first-order valence-corrected chi connectivity index (χ1v) is 5.35. The van der Waals surface area contributed by atoms with Gasteiger partial charge in [0, 0.05) is 13.1 Å². The highest BCUT2D eigenvalue weighted by Crippen LogP contribution is 2.31. The van der Waals surface area contributed by atoms with E-state index in [0.29, 0.717) is 0 Å². The second-order valence-corrected chi connectivity index (χ2v) is 3.87. The van der Waals surface area contributed by atoms with E-state index in [1.165, 1.54) is 0 Å². The maximum absolute atomic E-state index is 13.7. The highest BCUT2D eigenvalue weighted by atomic mass is 19.2. The predicted molar refractivity (Wildman–Crippen MR) is 53.6 cm³/mol. The lowest BCUT2D eigenvalue weighted by Gasteiger charge is -2.30. The molecule has 0 spiro atoms. The number of ether oxygens (including phenoxy) is 1. The minimum atomic E-state index is -2.32. The van der Waals surface area contributed by atoms with Crippen LogP contribution in [0.1, 0.15) is 10.4 Å². The average molecular weight is 278 g/mol. The Labute approximate surface area is 105 Å². The predicted octanol–water partition coefficient (Wildman–Crippen LogP) is 0.443. The van der Waals surface area contributed by atoms with Crippen molar-refractivity contribution in [3.8, 4) is 0 Å². The largest absolute Gasteiger partial charge is 0.545 e. The van der Waals surface area contributed by atoms with E-state index in [2.05, 4.69) is 0 Å². The van der Waals surface area contributed by atoms with Gasteiger partial charge in [0.05, 0.1) is 24.7 Å². The lowest BCUT2D eigenvalue weighted by molar-refractivity contribution is -0.255. The lowest BCUT2D eigenvalue weighted by atomic mass is 10.1. The Morgan fingerprint density at radius 3 is 1.89 bits per heavy atom. The monoisotopic (exact) mass is 278 g/mol. The lowest BCUT2D eigenvalue weighted by Crippen LogP contribution is -2.38. The molecule has 1 saturated heterocycles. The zero-order valence-electron chi connectivity index (χ0n) is 9.51. The molecule has 2 rings (SSSR count). The van der Waals surface area contributed by atoms with Crippen LogP contribution in [0.3, 0.4) is 0 Å². The van der Waals surface area contributed by atoms with Crippen molar-refractivity contribution < 1.29 is 32.2 Å². The van der Waals surface area contributed by atoms with Crippen molar-refractivity contribution >= 4 is 11.7 Å². The van der Waals surface area contributed by atoms with Crippen LogP contribution in [0.5, 0.6) is 0 Å². The fraction of sp³-hybridized carbons (Fsp3) is 0.364. The maximum Gasteiger partial charge on any atom is 0.186 e. The molecule has 1 aromatic carbocycles. The number of carbonyl (C=O) groups is 1. The zero-order valence-corrected chi connectivity index (χ0v) is 9.51. The summed E-state index contributed by atoms with van der Waals surface area (Å²) in [5.74, 6) is -9.76. The fourth-order valence-electron chi connectivity index (χ4n) is 1.86. The van der Waals surface area contributed by atoms with E-state index in [1.807, 2.05) is 0 Å². The molecular weight excluding hydrogens is 270 g/mol. The Hall–Kier alpha value is -1.83. The average Bonchev–Trinajstić information content (AvgIpc) is 2.38. The molecule has 0 saturated carbocycles. The van der Waals surface area contributed by atoms with Gasteiger partial charge in [-0.1, -0.05) is 0 Å².